The number of hydrogen-bond acceptors (Lipinski definition) is 4. The molecule has 10 heteroatoms. The van der Waals surface area contributed by atoms with Gasteiger partial charge >= 0.3 is 0 Å². The Bertz CT molecular complexity index is 858. The maximum atomic E-state index is 11.6. The van der Waals surface area contributed by atoms with Crippen LogP contribution in [0, 0.1) is 14.3 Å². The van der Waals surface area contributed by atoms with E-state index in [0.29, 0.717) is 25.1 Å². The lowest BCUT2D eigenvalue weighted by molar-refractivity contribution is -0.126. The van der Waals surface area contributed by atoms with Crippen LogP contribution in [0.3, 0.4) is 0 Å². The molecule has 0 heterocycles. The van der Waals surface area contributed by atoms with Crippen LogP contribution in [0.15, 0.2) is 24.3 Å². The van der Waals surface area contributed by atoms with Gasteiger partial charge in [-0.1, -0.05) is 0 Å². The third-order valence-corrected chi connectivity index (χ3v) is 6.68. The molecule has 144 valence electrons. The van der Waals surface area contributed by atoms with E-state index in [1.165, 1.54) is 6.92 Å². The van der Waals surface area contributed by atoms with Gasteiger partial charge in [0.05, 0.1) is 14.3 Å². The van der Waals surface area contributed by atoms with Gasteiger partial charge in [0.1, 0.15) is 17.5 Å². The number of phenolic OH excluding ortho intramolecular Hbond substituents is 1. The van der Waals surface area contributed by atoms with E-state index in [1.54, 1.807) is 12.1 Å². The number of carbonyl (C=O) groups excluding carboxylic acids is 2. The van der Waals surface area contributed by atoms with Crippen LogP contribution in [-0.4, -0.2) is 23.0 Å². The van der Waals surface area contributed by atoms with Crippen molar-refractivity contribution in [2.75, 3.05) is 0 Å². The van der Waals surface area contributed by atoms with E-state index in [-0.39, 0.29) is 11.7 Å². The quantitative estimate of drug-likeness (QED) is 0.382. The predicted octanol–water partition coefficient (Wildman–Crippen LogP) is 4.14. The van der Waals surface area contributed by atoms with Crippen molar-refractivity contribution in [1.82, 2.24) is 5.32 Å². The van der Waals surface area contributed by atoms with Gasteiger partial charge in [-0.3, -0.25) is 9.59 Å². The van der Waals surface area contributed by atoms with Crippen molar-refractivity contribution < 1.29 is 19.4 Å². The lowest BCUT2D eigenvalue weighted by atomic mass is 10.1. The second-order valence-corrected chi connectivity index (χ2v) is 10.2. The highest BCUT2D eigenvalue weighted by atomic mass is 127. The van der Waals surface area contributed by atoms with Crippen LogP contribution < -0.4 is 15.8 Å². The molecule has 0 saturated heterocycles. The van der Waals surface area contributed by atoms with Gasteiger partial charge in [-0.15, -0.1) is 0 Å². The minimum absolute atomic E-state index is 0.235. The van der Waals surface area contributed by atoms with Crippen molar-refractivity contribution in [3.63, 3.8) is 0 Å². The summed E-state index contributed by atoms with van der Waals surface area (Å²) >= 11 is 8.44. The van der Waals surface area contributed by atoms with Gasteiger partial charge in [-0.05, 0) is 120 Å². The number of ether oxygens (including phenoxy) is 1. The Kier molecular flexibility index (Phi) is 8.66. The Morgan fingerprint density at radius 2 is 1.59 bits per heavy atom. The Balaban J connectivity index is 2.29. The molecular formula is C17H14I4N2O4. The zero-order chi connectivity index (χ0) is 20.3. The molecule has 0 bridgehead atoms. The maximum Gasteiger partial charge on any atom is 0.240 e. The highest BCUT2D eigenvalue weighted by Crippen LogP contribution is 2.36. The number of benzene rings is 2. The largest absolute Gasteiger partial charge is 0.506 e. The Hall–Kier alpha value is -0.100. The topological polar surface area (TPSA) is 102 Å². The maximum absolute atomic E-state index is 11.6. The number of halogens is 4. The van der Waals surface area contributed by atoms with Gasteiger partial charge in [-0.25, -0.2) is 0 Å². The van der Waals surface area contributed by atoms with Crippen molar-refractivity contribution in [2.45, 2.75) is 19.4 Å². The molecule has 2 aromatic rings. The molecule has 0 aliphatic rings. The molecule has 27 heavy (non-hydrogen) atoms. The van der Waals surface area contributed by atoms with E-state index >= 15 is 0 Å². The Labute approximate surface area is 210 Å². The van der Waals surface area contributed by atoms with E-state index < -0.39 is 11.9 Å². The molecule has 2 aromatic carbocycles. The smallest absolute Gasteiger partial charge is 0.240 e. The van der Waals surface area contributed by atoms with E-state index in [1.807, 2.05) is 12.1 Å². The fourth-order valence-electron chi connectivity index (χ4n) is 2.25. The molecule has 2 amide bonds. The minimum atomic E-state index is -0.763. The first kappa shape index (κ1) is 23.2. The van der Waals surface area contributed by atoms with Crippen LogP contribution in [0.5, 0.6) is 17.2 Å². The zero-order valence-corrected chi connectivity index (χ0v) is 22.5. The van der Waals surface area contributed by atoms with Gasteiger partial charge in [0.2, 0.25) is 11.8 Å². The average molecular weight is 818 g/mol. The summed E-state index contributed by atoms with van der Waals surface area (Å²) in [5.74, 6) is 0.660. The number of carbonyl (C=O) groups is 2. The first-order valence-corrected chi connectivity index (χ1v) is 11.8. The zero-order valence-electron chi connectivity index (χ0n) is 13.9. The van der Waals surface area contributed by atoms with Crippen LogP contribution in [0.4, 0.5) is 0 Å². The van der Waals surface area contributed by atoms with E-state index in [9.17, 15) is 14.7 Å². The fourth-order valence-corrected chi connectivity index (χ4v) is 6.08. The molecule has 0 aliphatic carbocycles. The van der Waals surface area contributed by atoms with Crippen molar-refractivity contribution >= 4 is 102 Å². The highest BCUT2D eigenvalue weighted by molar-refractivity contribution is 14.1. The molecule has 0 aromatic heterocycles. The fraction of sp³-hybridized carbons (Fsp3) is 0.176. The number of rotatable bonds is 6. The second-order valence-electron chi connectivity index (χ2n) is 5.59. The Morgan fingerprint density at radius 3 is 2.04 bits per heavy atom. The number of primary amides is 1. The Morgan fingerprint density at radius 1 is 1.07 bits per heavy atom. The van der Waals surface area contributed by atoms with Gasteiger partial charge in [-0.2, -0.15) is 0 Å². The summed E-state index contributed by atoms with van der Waals surface area (Å²) in [6, 6.07) is 6.55. The predicted molar refractivity (Wildman–Crippen MR) is 136 cm³/mol. The van der Waals surface area contributed by atoms with Crippen LogP contribution in [-0.2, 0) is 16.0 Å². The van der Waals surface area contributed by atoms with Crippen LogP contribution in [0.2, 0.25) is 0 Å². The number of nitrogens with two attached hydrogens (primary N) is 1. The molecule has 0 unspecified atom stereocenters. The highest BCUT2D eigenvalue weighted by Gasteiger charge is 2.19. The first-order chi connectivity index (χ1) is 12.6. The average Bonchev–Trinajstić information content (AvgIpc) is 2.54. The number of aromatic hydroxyl groups is 1. The molecule has 4 N–H and O–H groups in total. The minimum Gasteiger partial charge on any atom is -0.506 e. The second kappa shape index (κ2) is 10.1. The summed E-state index contributed by atoms with van der Waals surface area (Å²) in [4.78, 5) is 22.8. The molecule has 0 aliphatic heterocycles. The number of phenols is 1. The molecule has 0 saturated carbocycles. The van der Waals surface area contributed by atoms with Crippen molar-refractivity contribution in [3.8, 4) is 17.2 Å². The third-order valence-electron chi connectivity index (χ3n) is 3.43. The van der Waals surface area contributed by atoms with Crippen LogP contribution in [0.1, 0.15) is 12.5 Å². The summed E-state index contributed by atoms with van der Waals surface area (Å²) in [7, 11) is 0. The third kappa shape index (κ3) is 6.45. The monoisotopic (exact) mass is 818 g/mol. The van der Waals surface area contributed by atoms with Gasteiger partial charge in [0.25, 0.3) is 0 Å². The van der Waals surface area contributed by atoms with E-state index in [4.69, 9.17) is 10.5 Å². The molecular weight excluding hydrogens is 804 g/mol. The lowest BCUT2D eigenvalue weighted by Crippen LogP contribution is -2.45. The molecule has 2 rings (SSSR count). The van der Waals surface area contributed by atoms with Gasteiger partial charge in [0, 0.05) is 13.3 Å². The summed E-state index contributed by atoms with van der Waals surface area (Å²) in [5.41, 5.74) is 6.24. The number of hydrogen-bond donors (Lipinski definition) is 3. The van der Waals surface area contributed by atoms with E-state index in [2.05, 4.69) is 95.7 Å². The molecule has 0 fully saturated rings. The van der Waals surface area contributed by atoms with Gasteiger partial charge in [0.15, 0.2) is 5.75 Å². The molecule has 6 nitrogen and oxygen atoms in total. The van der Waals surface area contributed by atoms with E-state index in [0.717, 1.165) is 12.7 Å². The molecule has 0 radical (unpaired) electrons. The SMILES string of the molecule is CC(=O)N[C@@H](Cc1cc(I)c(Oc2cc(I)c(O)c(I)c2)c(I)c1)C(N)=O. The summed E-state index contributed by atoms with van der Waals surface area (Å²) < 4.78 is 9.16. The number of amides is 2. The van der Waals surface area contributed by atoms with Crippen molar-refractivity contribution in [1.29, 1.82) is 0 Å². The van der Waals surface area contributed by atoms with Crippen molar-refractivity contribution in [3.05, 3.63) is 44.1 Å². The number of nitrogens with one attached hydrogen (secondary N) is 1. The summed E-state index contributed by atoms with van der Waals surface area (Å²) in [5, 5.41) is 12.5. The van der Waals surface area contributed by atoms with Crippen molar-refractivity contribution in [2.24, 2.45) is 5.73 Å². The van der Waals surface area contributed by atoms with Crippen LogP contribution in [0.25, 0.3) is 0 Å². The normalized spacial score (nSPS) is 11.7. The standard InChI is InChI=1S/C17H14I4N2O4/c1-7(24)23-14(17(22)26)4-8-2-12(20)16(13(21)3-8)27-9-5-10(18)15(25)11(19)6-9/h2-3,5-6,14,25H,4H2,1H3,(H2,22,26)(H,23,24)/t14-/m0/s1. The first-order valence-electron chi connectivity index (χ1n) is 7.48. The van der Waals surface area contributed by atoms with Crippen LogP contribution >= 0.6 is 90.4 Å². The summed E-state index contributed by atoms with van der Waals surface area (Å²) in [6.45, 7) is 1.35. The lowest BCUT2D eigenvalue weighted by Gasteiger charge is -2.17. The molecule has 0 spiro atoms. The molecule has 1 atom stereocenters. The van der Waals surface area contributed by atoms with Gasteiger partial charge < -0.3 is 20.9 Å². The summed E-state index contributed by atoms with van der Waals surface area (Å²) in [6.07, 6.45) is 0.302.